The number of rotatable bonds is 7. The van der Waals surface area contributed by atoms with E-state index in [1.807, 2.05) is 4.90 Å². The third kappa shape index (κ3) is 4.98. The number of hydrogen-bond donors (Lipinski definition) is 4. The minimum absolute atomic E-state index is 0.0798. The van der Waals surface area contributed by atoms with Crippen LogP contribution in [0.5, 0.6) is 0 Å². The lowest BCUT2D eigenvalue weighted by Crippen LogP contribution is -2.56. The Morgan fingerprint density at radius 1 is 1.33 bits per heavy atom. The monoisotopic (exact) mass is 339 g/mol. The maximum atomic E-state index is 13.0. The van der Waals surface area contributed by atoms with Gasteiger partial charge >= 0.3 is 0 Å². The Morgan fingerprint density at radius 2 is 2.00 bits per heavy atom. The minimum atomic E-state index is -0.741. The molecule has 1 heterocycles. The van der Waals surface area contributed by atoms with Crippen molar-refractivity contribution in [3.8, 4) is 0 Å². The molecule has 0 unspecified atom stereocenters. The number of aliphatic hydroxyl groups excluding tert-OH is 2. The number of benzene rings is 1. The first-order valence-corrected chi connectivity index (χ1v) is 7.80. The maximum Gasteiger partial charge on any atom is 0.237 e. The molecule has 0 saturated carbocycles. The molecule has 8 heteroatoms. The summed E-state index contributed by atoms with van der Waals surface area (Å²) in [6.07, 6.45) is -0.0798. The van der Waals surface area contributed by atoms with Crippen LogP contribution in [0.2, 0.25) is 0 Å². The van der Waals surface area contributed by atoms with Crippen molar-refractivity contribution in [3.05, 3.63) is 35.6 Å². The molecule has 2 amide bonds. The van der Waals surface area contributed by atoms with E-state index in [0.717, 1.165) is 5.56 Å². The molecule has 1 aromatic rings. The number of carbonyl (C=O) groups excluding carboxylic acids is 2. The fourth-order valence-corrected chi connectivity index (χ4v) is 2.61. The summed E-state index contributed by atoms with van der Waals surface area (Å²) in [7, 11) is 0. The van der Waals surface area contributed by atoms with Crippen molar-refractivity contribution in [2.75, 3.05) is 26.3 Å². The SMILES string of the molecule is O=C(C[C@H]1C(=O)NCCN1Cc1ccc(F)cc1)NC(CO)CO. The van der Waals surface area contributed by atoms with E-state index < -0.39 is 18.0 Å². The van der Waals surface area contributed by atoms with Crippen molar-refractivity contribution in [1.82, 2.24) is 15.5 Å². The van der Waals surface area contributed by atoms with Gasteiger partial charge in [-0.15, -0.1) is 0 Å². The van der Waals surface area contributed by atoms with Crippen molar-refractivity contribution in [2.24, 2.45) is 0 Å². The van der Waals surface area contributed by atoms with Crippen LogP contribution in [0.1, 0.15) is 12.0 Å². The number of aliphatic hydroxyl groups is 2. The second-order valence-corrected chi connectivity index (χ2v) is 5.74. The van der Waals surface area contributed by atoms with E-state index in [-0.39, 0.29) is 31.4 Å². The molecule has 1 aliphatic rings. The highest BCUT2D eigenvalue weighted by Gasteiger charge is 2.31. The van der Waals surface area contributed by atoms with Gasteiger partial charge in [0, 0.05) is 19.6 Å². The standard InChI is InChI=1S/C16H22FN3O4/c17-12-3-1-11(2-4-12)8-20-6-5-18-16(24)14(20)7-15(23)19-13(9-21)10-22/h1-4,13-14,21-22H,5-10H2,(H,18,24)(H,19,23)/t14-/m0/s1. The fraction of sp³-hybridized carbons (Fsp3) is 0.500. The topological polar surface area (TPSA) is 102 Å². The molecule has 4 N–H and O–H groups in total. The minimum Gasteiger partial charge on any atom is -0.394 e. The highest BCUT2D eigenvalue weighted by Crippen LogP contribution is 2.14. The van der Waals surface area contributed by atoms with Crippen molar-refractivity contribution < 1.29 is 24.2 Å². The maximum absolute atomic E-state index is 13.0. The molecule has 1 fully saturated rings. The zero-order valence-electron chi connectivity index (χ0n) is 13.2. The van der Waals surface area contributed by atoms with Crippen LogP contribution in [0.4, 0.5) is 4.39 Å². The Labute approximate surface area is 139 Å². The summed E-state index contributed by atoms with van der Waals surface area (Å²) in [5.41, 5.74) is 0.847. The molecular weight excluding hydrogens is 317 g/mol. The van der Waals surface area contributed by atoms with Gasteiger partial charge in [0.15, 0.2) is 0 Å². The number of piperazine rings is 1. The predicted molar refractivity (Wildman–Crippen MR) is 84.3 cm³/mol. The first-order chi connectivity index (χ1) is 11.5. The number of nitrogens with one attached hydrogen (secondary N) is 2. The van der Waals surface area contributed by atoms with Crippen molar-refractivity contribution in [3.63, 3.8) is 0 Å². The molecule has 24 heavy (non-hydrogen) atoms. The van der Waals surface area contributed by atoms with Gasteiger partial charge in [-0.3, -0.25) is 14.5 Å². The average Bonchev–Trinajstić information content (AvgIpc) is 2.58. The van der Waals surface area contributed by atoms with Crippen LogP contribution in [0, 0.1) is 5.82 Å². The summed E-state index contributed by atoms with van der Waals surface area (Å²) in [4.78, 5) is 26.0. The van der Waals surface area contributed by atoms with E-state index in [4.69, 9.17) is 10.2 Å². The van der Waals surface area contributed by atoms with E-state index >= 15 is 0 Å². The second-order valence-electron chi connectivity index (χ2n) is 5.74. The lowest BCUT2D eigenvalue weighted by molar-refractivity contribution is -0.134. The van der Waals surface area contributed by atoms with Crippen LogP contribution in [0.3, 0.4) is 0 Å². The van der Waals surface area contributed by atoms with Gasteiger partial charge in [-0.05, 0) is 17.7 Å². The summed E-state index contributed by atoms with van der Waals surface area (Å²) in [6, 6.07) is 4.61. The van der Waals surface area contributed by atoms with Gasteiger partial charge in [0.25, 0.3) is 0 Å². The Morgan fingerprint density at radius 3 is 2.62 bits per heavy atom. The second kappa shape index (κ2) is 8.72. The summed E-state index contributed by atoms with van der Waals surface area (Å²) in [6.45, 7) is 0.727. The van der Waals surface area contributed by atoms with Gasteiger partial charge in [-0.2, -0.15) is 0 Å². The Balaban J connectivity index is 2.01. The molecule has 0 spiro atoms. The van der Waals surface area contributed by atoms with Crippen LogP contribution in [0.15, 0.2) is 24.3 Å². The lowest BCUT2D eigenvalue weighted by Gasteiger charge is -2.35. The van der Waals surface area contributed by atoms with Crippen molar-refractivity contribution in [2.45, 2.75) is 25.0 Å². The van der Waals surface area contributed by atoms with Gasteiger partial charge in [0.2, 0.25) is 11.8 Å². The summed E-state index contributed by atoms with van der Waals surface area (Å²) < 4.78 is 13.0. The van der Waals surface area contributed by atoms with Crippen LogP contribution < -0.4 is 10.6 Å². The third-order valence-electron chi connectivity index (χ3n) is 3.93. The van der Waals surface area contributed by atoms with Crippen LogP contribution in [0.25, 0.3) is 0 Å². The smallest absolute Gasteiger partial charge is 0.237 e. The largest absolute Gasteiger partial charge is 0.394 e. The number of hydrogen-bond acceptors (Lipinski definition) is 5. The molecule has 1 aliphatic heterocycles. The Hall–Kier alpha value is -2.03. The zero-order valence-corrected chi connectivity index (χ0v) is 13.2. The number of amides is 2. The first-order valence-electron chi connectivity index (χ1n) is 7.80. The van der Waals surface area contributed by atoms with Gasteiger partial charge in [0.1, 0.15) is 5.82 Å². The van der Waals surface area contributed by atoms with E-state index in [1.165, 1.54) is 12.1 Å². The number of nitrogens with zero attached hydrogens (tertiary/aromatic N) is 1. The number of halogens is 1. The predicted octanol–water partition coefficient (Wildman–Crippen LogP) is -1.01. The molecule has 1 saturated heterocycles. The molecular formula is C16H22FN3O4. The Bertz CT molecular complexity index is 563. The van der Waals surface area contributed by atoms with Crippen LogP contribution in [-0.4, -0.2) is 65.3 Å². The quantitative estimate of drug-likeness (QED) is 0.510. The normalized spacial score (nSPS) is 18.5. The molecule has 1 aromatic carbocycles. The van der Waals surface area contributed by atoms with Gasteiger partial charge in [-0.1, -0.05) is 12.1 Å². The number of carbonyl (C=O) groups is 2. The molecule has 0 aromatic heterocycles. The van der Waals surface area contributed by atoms with Crippen LogP contribution in [-0.2, 0) is 16.1 Å². The van der Waals surface area contributed by atoms with Gasteiger partial charge < -0.3 is 20.8 Å². The lowest BCUT2D eigenvalue weighted by atomic mass is 10.1. The molecule has 132 valence electrons. The van der Waals surface area contributed by atoms with Gasteiger partial charge in [0.05, 0.1) is 31.7 Å². The highest BCUT2D eigenvalue weighted by molar-refractivity contribution is 5.88. The average molecular weight is 339 g/mol. The summed E-state index contributed by atoms with van der Waals surface area (Å²) >= 11 is 0. The third-order valence-corrected chi connectivity index (χ3v) is 3.93. The summed E-state index contributed by atoms with van der Waals surface area (Å²) in [5, 5.41) is 23.2. The van der Waals surface area contributed by atoms with E-state index in [1.54, 1.807) is 12.1 Å². The van der Waals surface area contributed by atoms with E-state index in [0.29, 0.717) is 19.6 Å². The zero-order chi connectivity index (χ0) is 17.5. The molecule has 7 nitrogen and oxygen atoms in total. The Kier molecular flexibility index (Phi) is 6.65. The molecule has 0 aliphatic carbocycles. The van der Waals surface area contributed by atoms with E-state index in [2.05, 4.69) is 10.6 Å². The summed E-state index contributed by atoms with van der Waals surface area (Å²) in [5.74, 6) is -0.998. The van der Waals surface area contributed by atoms with Crippen LogP contribution >= 0.6 is 0 Å². The van der Waals surface area contributed by atoms with Crippen molar-refractivity contribution >= 4 is 11.8 Å². The molecule has 0 radical (unpaired) electrons. The first kappa shape index (κ1) is 18.3. The molecule has 2 rings (SSSR count). The highest BCUT2D eigenvalue weighted by atomic mass is 19.1. The molecule has 1 atom stereocenters. The molecule has 0 bridgehead atoms. The fourth-order valence-electron chi connectivity index (χ4n) is 2.61. The van der Waals surface area contributed by atoms with Crippen molar-refractivity contribution in [1.29, 1.82) is 0 Å². The van der Waals surface area contributed by atoms with E-state index in [9.17, 15) is 14.0 Å². The van der Waals surface area contributed by atoms with Gasteiger partial charge in [-0.25, -0.2) is 4.39 Å².